The number of hydrogen-bond donors (Lipinski definition) is 0. The van der Waals surface area contributed by atoms with E-state index in [-0.39, 0.29) is 11.7 Å². The van der Waals surface area contributed by atoms with Crippen molar-refractivity contribution in [3.8, 4) is 5.95 Å². The first kappa shape index (κ1) is 13.0. The highest BCUT2D eigenvalue weighted by Crippen LogP contribution is 2.46. The number of ketones is 1. The molecule has 0 spiro atoms. The van der Waals surface area contributed by atoms with Crippen LogP contribution in [0.1, 0.15) is 36.0 Å². The molecule has 0 amide bonds. The molecule has 2 aromatic rings. The van der Waals surface area contributed by atoms with Crippen LogP contribution in [0, 0.1) is 5.92 Å². The third-order valence-electron chi connectivity index (χ3n) is 4.32. The predicted molar refractivity (Wildman–Crippen MR) is 80.6 cm³/mol. The van der Waals surface area contributed by atoms with Crippen molar-refractivity contribution in [1.82, 2.24) is 19.5 Å². The van der Waals surface area contributed by atoms with Crippen molar-refractivity contribution in [3.05, 3.63) is 36.7 Å². The minimum absolute atomic E-state index is 0.159. The van der Waals surface area contributed by atoms with Crippen LogP contribution in [-0.4, -0.2) is 35.8 Å². The zero-order valence-electron chi connectivity index (χ0n) is 11.6. The number of nitrogens with zero attached hydrogens (tertiary/aromatic N) is 4. The lowest BCUT2D eigenvalue weighted by Gasteiger charge is -2.26. The van der Waals surface area contributed by atoms with Crippen LogP contribution in [0.15, 0.2) is 31.1 Å². The van der Waals surface area contributed by atoms with Crippen molar-refractivity contribution in [2.24, 2.45) is 5.92 Å². The Hall–Kier alpha value is -1.69. The Bertz CT molecular complexity index is 628. The number of hydrogen-bond acceptors (Lipinski definition) is 5. The maximum absolute atomic E-state index is 12.6. The molecule has 2 aliphatic heterocycles. The summed E-state index contributed by atoms with van der Waals surface area (Å²) in [6.07, 6.45) is 13.0. The van der Waals surface area contributed by atoms with E-state index >= 15 is 0 Å². The number of imidazole rings is 1. The lowest BCUT2D eigenvalue weighted by Crippen LogP contribution is -2.25. The van der Waals surface area contributed by atoms with Crippen LogP contribution in [0.5, 0.6) is 0 Å². The Labute approximate surface area is 127 Å². The SMILES string of the molecule is O=C(c1cnc(-n2ccnc2)nc1)C1CC2CCC(C1)S2. The van der Waals surface area contributed by atoms with Crippen LogP contribution in [0.25, 0.3) is 5.95 Å². The molecule has 2 bridgehead atoms. The van der Waals surface area contributed by atoms with Gasteiger partial charge in [-0.25, -0.2) is 15.0 Å². The van der Waals surface area contributed by atoms with E-state index < -0.39 is 0 Å². The van der Waals surface area contributed by atoms with E-state index in [0.29, 0.717) is 22.0 Å². The fraction of sp³-hybridized carbons (Fsp3) is 0.467. The summed E-state index contributed by atoms with van der Waals surface area (Å²) in [6, 6.07) is 0. The first-order valence-corrected chi connectivity index (χ1v) is 8.24. The highest BCUT2D eigenvalue weighted by atomic mass is 32.2. The van der Waals surface area contributed by atoms with E-state index in [9.17, 15) is 4.79 Å². The molecule has 2 saturated heterocycles. The normalized spacial score (nSPS) is 27.7. The number of thioether (sulfide) groups is 1. The first-order chi connectivity index (χ1) is 10.3. The van der Waals surface area contributed by atoms with E-state index in [1.54, 1.807) is 35.7 Å². The fourth-order valence-electron chi connectivity index (χ4n) is 3.27. The number of aromatic nitrogens is 4. The minimum Gasteiger partial charge on any atom is -0.294 e. The Morgan fingerprint density at radius 2 is 1.90 bits per heavy atom. The molecule has 2 unspecified atom stereocenters. The second-order valence-electron chi connectivity index (χ2n) is 5.73. The topological polar surface area (TPSA) is 60.7 Å². The minimum atomic E-state index is 0.159. The van der Waals surface area contributed by atoms with Gasteiger partial charge in [-0.15, -0.1) is 0 Å². The smallest absolute Gasteiger partial charge is 0.234 e. The Morgan fingerprint density at radius 1 is 1.19 bits per heavy atom. The van der Waals surface area contributed by atoms with Crippen LogP contribution in [-0.2, 0) is 0 Å². The van der Waals surface area contributed by atoms with Crippen LogP contribution in [0.4, 0.5) is 0 Å². The zero-order chi connectivity index (χ0) is 14.2. The molecule has 2 atom stereocenters. The van der Waals surface area contributed by atoms with Crippen molar-refractivity contribution in [2.45, 2.75) is 36.2 Å². The first-order valence-electron chi connectivity index (χ1n) is 7.29. The lowest BCUT2D eigenvalue weighted by atomic mass is 9.91. The van der Waals surface area contributed by atoms with Gasteiger partial charge in [0.15, 0.2) is 5.78 Å². The average molecular weight is 300 g/mol. The largest absolute Gasteiger partial charge is 0.294 e. The van der Waals surface area contributed by atoms with Gasteiger partial charge in [0.25, 0.3) is 0 Å². The summed E-state index contributed by atoms with van der Waals surface area (Å²) in [7, 11) is 0. The van der Waals surface area contributed by atoms with Gasteiger partial charge >= 0.3 is 0 Å². The van der Waals surface area contributed by atoms with Gasteiger partial charge in [0, 0.05) is 41.2 Å². The van der Waals surface area contributed by atoms with E-state index in [1.807, 2.05) is 0 Å². The maximum atomic E-state index is 12.6. The molecule has 0 radical (unpaired) electrons. The molecule has 6 heteroatoms. The average Bonchev–Trinajstić information content (AvgIpc) is 3.17. The highest BCUT2D eigenvalue weighted by molar-refractivity contribution is 8.00. The third-order valence-corrected chi connectivity index (χ3v) is 5.95. The molecule has 0 N–H and O–H groups in total. The second kappa shape index (κ2) is 5.26. The predicted octanol–water partition coefficient (Wildman–Crippen LogP) is 2.52. The van der Waals surface area contributed by atoms with Gasteiger partial charge < -0.3 is 0 Å². The number of carbonyl (C=O) groups excluding carboxylic acids is 1. The van der Waals surface area contributed by atoms with Crippen LogP contribution < -0.4 is 0 Å². The van der Waals surface area contributed by atoms with Gasteiger partial charge in [-0.3, -0.25) is 9.36 Å². The fourth-order valence-corrected chi connectivity index (χ4v) is 5.04. The van der Waals surface area contributed by atoms with Crippen molar-refractivity contribution in [3.63, 3.8) is 0 Å². The van der Waals surface area contributed by atoms with E-state index in [1.165, 1.54) is 12.8 Å². The van der Waals surface area contributed by atoms with Gasteiger partial charge in [0.05, 0.1) is 5.56 Å². The Kier molecular flexibility index (Phi) is 3.25. The summed E-state index contributed by atoms with van der Waals surface area (Å²) in [5.74, 6) is 0.916. The quantitative estimate of drug-likeness (QED) is 0.815. The van der Waals surface area contributed by atoms with Gasteiger partial charge in [-0.05, 0) is 25.7 Å². The second-order valence-corrected chi connectivity index (χ2v) is 7.34. The lowest BCUT2D eigenvalue weighted by molar-refractivity contribution is 0.0906. The van der Waals surface area contributed by atoms with Crippen molar-refractivity contribution < 1.29 is 4.79 Å². The molecule has 2 aliphatic rings. The molecule has 2 aromatic heterocycles. The van der Waals surface area contributed by atoms with Gasteiger partial charge in [0.2, 0.25) is 5.95 Å². The maximum Gasteiger partial charge on any atom is 0.234 e. The molecule has 0 aromatic carbocycles. The van der Waals surface area contributed by atoms with E-state index in [0.717, 1.165) is 12.8 Å². The zero-order valence-corrected chi connectivity index (χ0v) is 12.4. The molecule has 21 heavy (non-hydrogen) atoms. The van der Waals surface area contributed by atoms with Crippen molar-refractivity contribution in [2.75, 3.05) is 0 Å². The van der Waals surface area contributed by atoms with E-state index in [4.69, 9.17) is 0 Å². The molecule has 4 rings (SSSR count). The summed E-state index contributed by atoms with van der Waals surface area (Å²) in [5.41, 5.74) is 0.634. The molecule has 0 saturated carbocycles. The Balaban J connectivity index is 1.52. The Morgan fingerprint density at radius 3 is 2.52 bits per heavy atom. The molecular weight excluding hydrogens is 284 g/mol. The van der Waals surface area contributed by atoms with Crippen molar-refractivity contribution in [1.29, 1.82) is 0 Å². The molecular formula is C15H16N4OS. The highest BCUT2D eigenvalue weighted by Gasteiger charge is 2.38. The molecule has 2 fully saturated rings. The summed E-state index contributed by atoms with van der Waals surface area (Å²) < 4.78 is 1.73. The number of Topliss-reactive ketones (excluding diaryl/α,β-unsaturated/α-hetero) is 1. The number of carbonyl (C=O) groups is 1. The van der Waals surface area contributed by atoms with E-state index in [2.05, 4.69) is 26.7 Å². The van der Waals surface area contributed by atoms with Gasteiger partial charge in [-0.2, -0.15) is 11.8 Å². The summed E-state index contributed by atoms with van der Waals surface area (Å²) >= 11 is 2.08. The molecule has 5 nitrogen and oxygen atoms in total. The van der Waals surface area contributed by atoms with Crippen LogP contribution >= 0.6 is 11.8 Å². The number of fused-ring (bicyclic) bond motifs is 2. The standard InChI is InChI=1S/C15H16N4OS/c20-14(10-5-12-1-2-13(6-10)21-12)11-7-17-15(18-8-11)19-4-3-16-9-19/h3-4,7-10,12-13H,1-2,5-6H2. The summed E-state index contributed by atoms with van der Waals surface area (Å²) in [5, 5.41) is 1.37. The monoisotopic (exact) mass is 300 g/mol. The van der Waals surface area contributed by atoms with Crippen molar-refractivity contribution >= 4 is 17.5 Å². The molecule has 108 valence electrons. The van der Waals surface area contributed by atoms with Gasteiger partial charge in [0.1, 0.15) is 6.33 Å². The summed E-state index contributed by atoms with van der Waals surface area (Å²) in [4.78, 5) is 25.1. The summed E-state index contributed by atoms with van der Waals surface area (Å²) in [6.45, 7) is 0. The number of rotatable bonds is 3. The molecule has 0 aliphatic carbocycles. The molecule has 4 heterocycles. The van der Waals surface area contributed by atoms with Crippen LogP contribution in [0.3, 0.4) is 0 Å². The van der Waals surface area contributed by atoms with Crippen LogP contribution in [0.2, 0.25) is 0 Å². The third kappa shape index (κ3) is 2.48. The van der Waals surface area contributed by atoms with Gasteiger partial charge in [-0.1, -0.05) is 0 Å².